The summed E-state index contributed by atoms with van der Waals surface area (Å²) in [5.74, 6) is 0. The molecule has 0 fully saturated rings. The van der Waals surface area contributed by atoms with E-state index in [1.165, 1.54) is 5.56 Å². The number of nitrogens with zero attached hydrogens (tertiary/aromatic N) is 1. The van der Waals surface area contributed by atoms with Crippen LogP contribution in [0.2, 0.25) is 0 Å². The second kappa shape index (κ2) is 7.29. The average Bonchev–Trinajstić information content (AvgIpc) is 2.34. The van der Waals surface area contributed by atoms with Gasteiger partial charge in [0.05, 0.1) is 0 Å². The van der Waals surface area contributed by atoms with Crippen LogP contribution in [-0.4, -0.2) is 29.7 Å². The largest absolute Gasteiger partial charge is 0.444 e. The summed E-state index contributed by atoms with van der Waals surface area (Å²) in [6.45, 7) is 12.8. The molecule has 0 bridgehead atoms. The van der Waals surface area contributed by atoms with Gasteiger partial charge in [0.1, 0.15) is 5.60 Å². The quantitative estimate of drug-likeness (QED) is 0.888. The van der Waals surface area contributed by atoms with Crippen molar-refractivity contribution < 1.29 is 9.53 Å². The predicted octanol–water partition coefficient (Wildman–Crippen LogP) is 3.88. The molecule has 0 aromatic heterocycles. The molecule has 4 heteroatoms. The van der Waals surface area contributed by atoms with Crippen molar-refractivity contribution in [1.82, 2.24) is 4.90 Å². The molecule has 0 radical (unpaired) electrons. The number of anilines is 1. The molecule has 0 atom stereocenters. The summed E-state index contributed by atoms with van der Waals surface area (Å²) in [4.78, 5) is 14.1. The van der Waals surface area contributed by atoms with E-state index in [0.717, 1.165) is 25.3 Å². The molecule has 1 aromatic carbocycles. The van der Waals surface area contributed by atoms with Crippen LogP contribution in [0.5, 0.6) is 0 Å². The van der Waals surface area contributed by atoms with Gasteiger partial charge in [-0.25, -0.2) is 4.79 Å². The number of rotatable bonds is 5. The van der Waals surface area contributed by atoms with E-state index in [2.05, 4.69) is 30.1 Å². The zero-order valence-corrected chi connectivity index (χ0v) is 13.2. The third kappa shape index (κ3) is 6.06. The highest BCUT2D eigenvalue weighted by Gasteiger charge is 2.16. The van der Waals surface area contributed by atoms with Gasteiger partial charge in [-0.1, -0.05) is 26.0 Å². The Hall–Kier alpha value is -1.55. The Labute approximate surface area is 122 Å². The van der Waals surface area contributed by atoms with Gasteiger partial charge in [0.25, 0.3) is 0 Å². The van der Waals surface area contributed by atoms with Gasteiger partial charge >= 0.3 is 6.09 Å². The summed E-state index contributed by atoms with van der Waals surface area (Å²) in [5.41, 5.74) is 1.47. The maximum absolute atomic E-state index is 11.7. The number of ether oxygens (including phenoxy) is 1. The van der Waals surface area contributed by atoms with Crippen LogP contribution in [0.3, 0.4) is 0 Å². The molecule has 0 aliphatic heterocycles. The highest BCUT2D eigenvalue weighted by atomic mass is 16.6. The Bertz CT molecular complexity index is 434. The molecule has 0 saturated carbocycles. The molecule has 0 spiro atoms. The zero-order valence-electron chi connectivity index (χ0n) is 13.2. The Morgan fingerprint density at radius 2 is 1.90 bits per heavy atom. The van der Waals surface area contributed by atoms with Crippen molar-refractivity contribution in [2.45, 2.75) is 46.8 Å². The molecule has 0 unspecified atom stereocenters. The van der Waals surface area contributed by atoms with Crippen LogP contribution in [0.4, 0.5) is 10.5 Å². The van der Waals surface area contributed by atoms with Crippen LogP contribution in [0.15, 0.2) is 24.3 Å². The van der Waals surface area contributed by atoms with E-state index < -0.39 is 11.7 Å². The fourth-order valence-corrected chi connectivity index (χ4v) is 1.87. The Morgan fingerprint density at radius 1 is 1.25 bits per heavy atom. The van der Waals surface area contributed by atoms with Crippen molar-refractivity contribution in [2.75, 3.05) is 18.4 Å². The van der Waals surface area contributed by atoms with Gasteiger partial charge < -0.3 is 4.74 Å². The van der Waals surface area contributed by atoms with Gasteiger partial charge in [0, 0.05) is 12.2 Å². The van der Waals surface area contributed by atoms with Gasteiger partial charge in [0.2, 0.25) is 0 Å². The first kappa shape index (κ1) is 16.5. The molecular weight excluding hydrogens is 252 g/mol. The molecule has 1 amide bonds. The summed E-state index contributed by atoms with van der Waals surface area (Å²) in [5, 5.41) is 2.77. The Kier molecular flexibility index (Phi) is 6.02. The van der Waals surface area contributed by atoms with Crippen molar-refractivity contribution >= 4 is 11.8 Å². The maximum Gasteiger partial charge on any atom is 0.412 e. The van der Waals surface area contributed by atoms with Crippen LogP contribution >= 0.6 is 0 Å². The van der Waals surface area contributed by atoms with Crippen molar-refractivity contribution in [1.29, 1.82) is 0 Å². The number of carbonyl (C=O) groups is 1. The summed E-state index contributed by atoms with van der Waals surface area (Å²) in [7, 11) is 0. The lowest BCUT2D eigenvalue weighted by molar-refractivity contribution is 0.0636. The monoisotopic (exact) mass is 278 g/mol. The predicted molar refractivity (Wildman–Crippen MR) is 82.9 cm³/mol. The molecule has 4 nitrogen and oxygen atoms in total. The van der Waals surface area contributed by atoms with Crippen LogP contribution in [0.1, 0.15) is 40.2 Å². The van der Waals surface area contributed by atoms with E-state index in [-0.39, 0.29) is 0 Å². The normalized spacial score (nSPS) is 11.5. The highest BCUT2D eigenvalue weighted by Crippen LogP contribution is 2.15. The molecular formula is C16H26N2O2. The van der Waals surface area contributed by atoms with Crippen LogP contribution in [-0.2, 0) is 11.3 Å². The molecule has 0 heterocycles. The van der Waals surface area contributed by atoms with Crippen molar-refractivity contribution in [3.05, 3.63) is 29.8 Å². The summed E-state index contributed by atoms with van der Waals surface area (Å²) in [6, 6.07) is 7.88. The van der Waals surface area contributed by atoms with Crippen molar-refractivity contribution in [2.24, 2.45) is 0 Å². The minimum absolute atomic E-state index is 0.419. The smallest absolute Gasteiger partial charge is 0.412 e. The van der Waals surface area contributed by atoms with Gasteiger partial charge in [-0.15, -0.1) is 0 Å². The van der Waals surface area contributed by atoms with Crippen LogP contribution in [0, 0.1) is 0 Å². The van der Waals surface area contributed by atoms with E-state index in [9.17, 15) is 4.79 Å². The minimum atomic E-state index is -0.483. The zero-order chi connectivity index (χ0) is 15.2. The number of hydrogen-bond acceptors (Lipinski definition) is 3. The number of carbonyl (C=O) groups excluding carboxylic acids is 1. The lowest BCUT2D eigenvalue weighted by Gasteiger charge is -2.20. The first-order chi connectivity index (χ1) is 9.34. The molecule has 0 saturated heterocycles. The fraction of sp³-hybridized carbons (Fsp3) is 0.562. The number of benzene rings is 1. The highest BCUT2D eigenvalue weighted by molar-refractivity contribution is 5.84. The SMILES string of the molecule is CCN(CC)Cc1cccc(NC(=O)OC(C)(C)C)c1. The average molecular weight is 278 g/mol. The number of nitrogens with one attached hydrogen (secondary N) is 1. The number of amides is 1. The summed E-state index contributed by atoms with van der Waals surface area (Å²) >= 11 is 0. The van der Waals surface area contributed by atoms with E-state index in [1.807, 2.05) is 39.0 Å². The fourth-order valence-electron chi connectivity index (χ4n) is 1.87. The molecule has 1 aromatic rings. The molecule has 1 rings (SSSR count). The van der Waals surface area contributed by atoms with E-state index in [1.54, 1.807) is 0 Å². The third-order valence-corrected chi connectivity index (χ3v) is 2.87. The Morgan fingerprint density at radius 3 is 2.45 bits per heavy atom. The van der Waals surface area contributed by atoms with E-state index in [0.29, 0.717) is 0 Å². The molecule has 20 heavy (non-hydrogen) atoms. The first-order valence-electron chi connectivity index (χ1n) is 7.15. The topological polar surface area (TPSA) is 41.6 Å². The van der Waals surface area contributed by atoms with Crippen LogP contribution in [0.25, 0.3) is 0 Å². The second-order valence-corrected chi connectivity index (χ2v) is 5.79. The van der Waals surface area contributed by atoms with Crippen LogP contribution < -0.4 is 5.32 Å². The maximum atomic E-state index is 11.7. The van der Waals surface area contributed by atoms with E-state index in [4.69, 9.17) is 4.74 Å². The van der Waals surface area contributed by atoms with Crippen molar-refractivity contribution in [3.63, 3.8) is 0 Å². The van der Waals surface area contributed by atoms with Gasteiger partial charge in [-0.2, -0.15) is 0 Å². The van der Waals surface area contributed by atoms with Crippen molar-refractivity contribution in [3.8, 4) is 0 Å². The third-order valence-electron chi connectivity index (χ3n) is 2.87. The van der Waals surface area contributed by atoms with Gasteiger partial charge in [-0.3, -0.25) is 10.2 Å². The lowest BCUT2D eigenvalue weighted by atomic mass is 10.2. The first-order valence-corrected chi connectivity index (χ1v) is 7.15. The molecule has 0 aliphatic carbocycles. The van der Waals surface area contributed by atoms with Gasteiger partial charge in [0.15, 0.2) is 0 Å². The van der Waals surface area contributed by atoms with E-state index >= 15 is 0 Å². The standard InChI is InChI=1S/C16H26N2O2/c1-6-18(7-2)12-13-9-8-10-14(11-13)17-15(19)20-16(3,4)5/h8-11H,6-7,12H2,1-5H3,(H,17,19). The number of hydrogen-bond donors (Lipinski definition) is 1. The lowest BCUT2D eigenvalue weighted by Crippen LogP contribution is -2.27. The Balaban J connectivity index is 2.66. The molecule has 0 aliphatic rings. The minimum Gasteiger partial charge on any atom is -0.444 e. The second-order valence-electron chi connectivity index (χ2n) is 5.79. The molecule has 112 valence electrons. The summed E-state index contributed by atoms with van der Waals surface area (Å²) in [6.07, 6.45) is -0.419. The summed E-state index contributed by atoms with van der Waals surface area (Å²) < 4.78 is 5.24. The molecule has 1 N–H and O–H groups in total. The van der Waals surface area contributed by atoms with Gasteiger partial charge in [-0.05, 0) is 51.6 Å².